The molecule has 0 saturated heterocycles. The lowest BCUT2D eigenvalue weighted by Gasteiger charge is -2.10. The van der Waals surface area contributed by atoms with Gasteiger partial charge in [0.25, 0.3) is 0 Å². The molecule has 5 nitrogen and oxygen atoms in total. The summed E-state index contributed by atoms with van der Waals surface area (Å²) in [6.07, 6.45) is 0.540. The van der Waals surface area contributed by atoms with Gasteiger partial charge in [0.2, 0.25) is 6.41 Å². The Labute approximate surface area is 117 Å². The second kappa shape index (κ2) is 6.06. The van der Waals surface area contributed by atoms with Crippen molar-refractivity contribution in [2.24, 2.45) is 5.10 Å². The highest BCUT2D eigenvalue weighted by molar-refractivity contribution is 6.02. The van der Waals surface area contributed by atoms with E-state index < -0.39 is 0 Å². The molecule has 1 N–H and O–H groups in total. The van der Waals surface area contributed by atoms with Crippen LogP contribution in [0, 0.1) is 0 Å². The summed E-state index contributed by atoms with van der Waals surface area (Å²) >= 11 is 0. The van der Waals surface area contributed by atoms with E-state index in [1.165, 1.54) is 0 Å². The zero-order chi connectivity index (χ0) is 14.5. The van der Waals surface area contributed by atoms with Gasteiger partial charge in [-0.05, 0) is 41.5 Å². The molecule has 2 rings (SSSR count). The van der Waals surface area contributed by atoms with Gasteiger partial charge in [-0.15, -0.1) is 0 Å². The summed E-state index contributed by atoms with van der Waals surface area (Å²) in [5.74, 6) is 1.37. The van der Waals surface area contributed by atoms with Crippen molar-refractivity contribution in [1.29, 1.82) is 0 Å². The van der Waals surface area contributed by atoms with Gasteiger partial charge in [0.05, 0.1) is 19.9 Å². The van der Waals surface area contributed by atoms with E-state index in [4.69, 9.17) is 9.47 Å². The minimum Gasteiger partial charge on any atom is -0.493 e. The van der Waals surface area contributed by atoms with Crippen LogP contribution in [0.4, 0.5) is 0 Å². The predicted molar refractivity (Wildman–Crippen MR) is 78.5 cm³/mol. The van der Waals surface area contributed by atoms with Crippen LogP contribution in [-0.4, -0.2) is 26.3 Å². The average Bonchev–Trinajstić information content (AvgIpc) is 2.50. The topological polar surface area (TPSA) is 59.9 Å². The van der Waals surface area contributed by atoms with Crippen molar-refractivity contribution in [1.82, 2.24) is 5.43 Å². The molecule has 2 aromatic carbocycles. The van der Waals surface area contributed by atoms with Crippen molar-refractivity contribution in [3.8, 4) is 11.5 Å². The number of amides is 1. The highest BCUT2D eigenvalue weighted by Gasteiger charge is 2.07. The molecule has 0 atom stereocenters. The fraction of sp³-hybridized carbons (Fsp3) is 0.200. The zero-order valence-corrected chi connectivity index (χ0v) is 11.6. The molecule has 0 radical (unpaired) electrons. The Kier molecular flexibility index (Phi) is 4.20. The normalized spacial score (nSPS) is 11.2. The molecule has 0 unspecified atom stereocenters. The second-order valence-corrected chi connectivity index (χ2v) is 4.21. The Hall–Kier alpha value is -2.56. The van der Waals surface area contributed by atoms with E-state index in [1.54, 1.807) is 14.2 Å². The third-order valence-corrected chi connectivity index (χ3v) is 3.05. The second-order valence-electron chi connectivity index (χ2n) is 4.21. The Morgan fingerprint density at radius 3 is 2.35 bits per heavy atom. The molecular weight excluding hydrogens is 256 g/mol. The number of carbonyl (C=O) groups is 1. The number of rotatable bonds is 5. The molecular formula is C15H16N2O3. The lowest BCUT2D eigenvalue weighted by Crippen LogP contribution is -2.06. The van der Waals surface area contributed by atoms with E-state index in [2.05, 4.69) is 10.5 Å². The molecule has 0 spiro atoms. The summed E-state index contributed by atoms with van der Waals surface area (Å²) in [7, 11) is 3.22. The molecule has 0 fully saturated rings. The van der Waals surface area contributed by atoms with Crippen LogP contribution in [0.1, 0.15) is 12.5 Å². The van der Waals surface area contributed by atoms with Gasteiger partial charge in [-0.2, -0.15) is 5.10 Å². The number of hydrogen-bond donors (Lipinski definition) is 1. The number of carbonyl (C=O) groups excluding carboxylic acids is 1. The Morgan fingerprint density at radius 2 is 1.75 bits per heavy atom. The van der Waals surface area contributed by atoms with Crippen molar-refractivity contribution in [2.45, 2.75) is 6.92 Å². The molecule has 0 aliphatic carbocycles. The number of nitrogens with zero attached hydrogens (tertiary/aromatic N) is 1. The highest BCUT2D eigenvalue weighted by atomic mass is 16.5. The minimum absolute atomic E-state index is 0.540. The quantitative estimate of drug-likeness (QED) is 0.516. The molecule has 0 bridgehead atoms. The molecule has 0 aliphatic rings. The van der Waals surface area contributed by atoms with Crippen LogP contribution in [0.2, 0.25) is 0 Å². The molecule has 20 heavy (non-hydrogen) atoms. The Bertz CT molecular complexity index is 665. The Morgan fingerprint density at radius 1 is 1.10 bits per heavy atom. The maximum Gasteiger partial charge on any atom is 0.227 e. The first-order valence-corrected chi connectivity index (χ1v) is 6.09. The van der Waals surface area contributed by atoms with E-state index in [0.29, 0.717) is 17.9 Å². The van der Waals surface area contributed by atoms with E-state index in [0.717, 1.165) is 22.0 Å². The summed E-state index contributed by atoms with van der Waals surface area (Å²) in [4.78, 5) is 10.3. The minimum atomic E-state index is 0.540. The van der Waals surface area contributed by atoms with Crippen LogP contribution in [-0.2, 0) is 4.79 Å². The zero-order valence-electron chi connectivity index (χ0n) is 11.6. The first-order chi connectivity index (χ1) is 9.69. The van der Waals surface area contributed by atoms with Gasteiger partial charge in [0.15, 0.2) is 11.5 Å². The number of ether oxygens (including phenoxy) is 2. The van der Waals surface area contributed by atoms with E-state index in [-0.39, 0.29) is 0 Å². The fourth-order valence-corrected chi connectivity index (χ4v) is 1.99. The van der Waals surface area contributed by atoms with Gasteiger partial charge in [-0.3, -0.25) is 4.79 Å². The predicted octanol–water partition coefficient (Wildman–Crippen LogP) is 2.33. The van der Waals surface area contributed by atoms with Crippen molar-refractivity contribution in [3.63, 3.8) is 0 Å². The van der Waals surface area contributed by atoms with Crippen LogP contribution in [0.25, 0.3) is 10.8 Å². The molecule has 0 aliphatic heterocycles. The highest BCUT2D eigenvalue weighted by Crippen LogP contribution is 2.32. The molecule has 5 heteroatoms. The number of fused-ring (bicyclic) bond motifs is 1. The Balaban J connectivity index is 2.51. The van der Waals surface area contributed by atoms with Crippen molar-refractivity contribution in [2.75, 3.05) is 14.2 Å². The molecule has 2 aromatic rings. The lowest BCUT2D eigenvalue weighted by atomic mass is 10.0. The summed E-state index contributed by atoms with van der Waals surface area (Å²) in [5, 5.41) is 6.00. The summed E-state index contributed by atoms with van der Waals surface area (Å²) in [5.41, 5.74) is 3.96. The van der Waals surface area contributed by atoms with Crippen molar-refractivity contribution >= 4 is 22.9 Å². The molecule has 0 heterocycles. The fourth-order valence-electron chi connectivity index (χ4n) is 1.99. The third kappa shape index (κ3) is 2.71. The van der Waals surface area contributed by atoms with Crippen LogP contribution < -0.4 is 14.9 Å². The summed E-state index contributed by atoms with van der Waals surface area (Å²) in [6, 6.07) is 9.75. The van der Waals surface area contributed by atoms with Gasteiger partial charge in [0, 0.05) is 0 Å². The van der Waals surface area contributed by atoms with Crippen LogP contribution in [0.5, 0.6) is 11.5 Å². The van der Waals surface area contributed by atoms with E-state index >= 15 is 0 Å². The van der Waals surface area contributed by atoms with Gasteiger partial charge in [-0.1, -0.05) is 12.1 Å². The van der Waals surface area contributed by atoms with Gasteiger partial charge >= 0.3 is 0 Å². The largest absolute Gasteiger partial charge is 0.493 e. The first kappa shape index (κ1) is 13.9. The van der Waals surface area contributed by atoms with Gasteiger partial charge in [0.1, 0.15) is 0 Å². The molecule has 104 valence electrons. The van der Waals surface area contributed by atoms with E-state index in [1.807, 2.05) is 37.3 Å². The number of methoxy groups -OCH3 is 2. The van der Waals surface area contributed by atoms with Crippen LogP contribution >= 0.6 is 0 Å². The summed E-state index contributed by atoms with van der Waals surface area (Å²) < 4.78 is 10.6. The molecule has 0 saturated carbocycles. The van der Waals surface area contributed by atoms with E-state index in [9.17, 15) is 4.79 Å². The lowest BCUT2D eigenvalue weighted by molar-refractivity contribution is -0.109. The number of hydrazone groups is 1. The monoisotopic (exact) mass is 272 g/mol. The maximum atomic E-state index is 10.3. The summed E-state index contributed by atoms with van der Waals surface area (Å²) in [6.45, 7) is 1.83. The van der Waals surface area contributed by atoms with Crippen molar-refractivity contribution in [3.05, 3.63) is 35.9 Å². The first-order valence-electron chi connectivity index (χ1n) is 6.09. The third-order valence-electron chi connectivity index (χ3n) is 3.05. The van der Waals surface area contributed by atoms with Crippen LogP contribution in [0.3, 0.4) is 0 Å². The SMILES string of the molecule is COc1cc2ccc(C(C)=NNC=O)cc2cc1OC. The smallest absolute Gasteiger partial charge is 0.227 e. The number of hydrogen-bond acceptors (Lipinski definition) is 4. The average molecular weight is 272 g/mol. The van der Waals surface area contributed by atoms with Crippen molar-refractivity contribution < 1.29 is 14.3 Å². The maximum absolute atomic E-state index is 10.3. The standard InChI is InChI=1S/C15H16N2O3/c1-10(17-16-9-18)11-4-5-12-7-14(19-2)15(20-3)8-13(12)6-11/h4-9H,1-3H3,(H,16,18). The van der Waals surface area contributed by atoms with Gasteiger partial charge in [-0.25, -0.2) is 5.43 Å². The molecule has 1 amide bonds. The van der Waals surface area contributed by atoms with Gasteiger partial charge < -0.3 is 9.47 Å². The number of nitrogens with one attached hydrogen (secondary N) is 1. The molecule has 0 aromatic heterocycles. The van der Waals surface area contributed by atoms with Crippen LogP contribution in [0.15, 0.2) is 35.4 Å². The number of benzene rings is 2.